The summed E-state index contributed by atoms with van der Waals surface area (Å²) in [6, 6.07) is 0. The Balaban J connectivity index is 1.65. The molecule has 1 aromatic rings. The summed E-state index contributed by atoms with van der Waals surface area (Å²) in [6.07, 6.45) is 3.45. The Morgan fingerprint density at radius 1 is 1.16 bits per heavy atom. The maximum absolute atomic E-state index is 12.9. The summed E-state index contributed by atoms with van der Waals surface area (Å²) < 4.78 is 27.3. The molecule has 1 N–H and O–H groups in total. The lowest BCUT2D eigenvalue weighted by Gasteiger charge is -2.36. The Hall–Kier alpha value is -1.41. The predicted molar refractivity (Wildman–Crippen MR) is 94.5 cm³/mol. The fourth-order valence-corrected chi connectivity index (χ4v) is 5.84. The number of hydrogen-bond acceptors (Lipinski definition) is 4. The monoisotopic (exact) mass is 368 g/mol. The van der Waals surface area contributed by atoms with Gasteiger partial charge in [-0.15, -0.1) is 0 Å². The molecule has 2 aliphatic heterocycles. The molecule has 1 amide bonds. The van der Waals surface area contributed by atoms with Crippen LogP contribution in [0.4, 0.5) is 0 Å². The molecule has 0 saturated carbocycles. The maximum atomic E-state index is 12.9. The number of carbonyl (C=O) groups is 1. The molecular weight excluding hydrogens is 340 g/mol. The molecular formula is C17H28N4O3S. The van der Waals surface area contributed by atoms with E-state index in [1.165, 1.54) is 10.7 Å². The summed E-state index contributed by atoms with van der Waals surface area (Å²) in [6.45, 7) is 8.08. The first-order valence-electron chi connectivity index (χ1n) is 9.11. The molecule has 140 valence electrons. The lowest BCUT2D eigenvalue weighted by atomic mass is 9.93. The number of rotatable bonds is 3. The van der Waals surface area contributed by atoms with Crippen LogP contribution in [0.1, 0.15) is 44.0 Å². The van der Waals surface area contributed by atoms with Gasteiger partial charge in [0, 0.05) is 32.1 Å². The van der Waals surface area contributed by atoms with Crippen LogP contribution in [0, 0.1) is 25.7 Å². The summed E-state index contributed by atoms with van der Waals surface area (Å²) in [4.78, 5) is 15.0. The van der Waals surface area contributed by atoms with Gasteiger partial charge in [0.1, 0.15) is 4.90 Å². The standard InChI is InChI=1S/C17H28N4O3S/c1-12-5-4-8-20(11-12)17(22)15-6-9-21(10-7-15)25(23,24)16-13(2)18-19-14(16)3/h12,15H,4-11H2,1-3H3,(H,18,19). The van der Waals surface area contributed by atoms with Crippen LogP contribution < -0.4 is 0 Å². The second-order valence-electron chi connectivity index (χ2n) is 7.47. The van der Waals surface area contributed by atoms with Crippen molar-refractivity contribution in [1.29, 1.82) is 0 Å². The van der Waals surface area contributed by atoms with Crippen LogP contribution >= 0.6 is 0 Å². The molecule has 0 radical (unpaired) electrons. The van der Waals surface area contributed by atoms with Crippen molar-refractivity contribution in [3.8, 4) is 0 Å². The molecule has 0 aromatic carbocycles. The van der Waals surface area contributed by atoms with Crippen LogP contribution in [0.25, 0.3) is 0 Å². The molecule has 1 unspecified atom stereocenters. The van der Waals surface area contributed by atoms with Crippen LogP contribution in [0.3, 0.4) is 0 Å². The van der Waals surface area contributed by atoms with E-state index in [9.17, 15) is 13.2 Å². The van der Waals surface area contributed by atoms with Crippen molar-refractivity contribution in [2.24, 2.45) is 11.8 Å². The highest BCUT2D eigenvalue weighted by molar-refractivity contribution is 7.89. The van der Waals surface area contributed by atoms with Crippen LogP contribution in [-0.4, -0.2) is 59.9 Å². The Bertz CT molecular complexity index is 716. The minimum absolute atomic E-state index is 0.0525. The minimum Gasteiger partial charge on any atom is -0.342 e. The number of amides is 1. The summed E-state index contributed by atoms with van der Waals surface area (Å²) in [5, 5.41) is 6.74. The largest absolute Gasteiger partial charge is 0.342 e. The first-order chi connectivity index (χ1) is 11.8. The molecule has 25 heavy (non-hydrogen) atoms. The molecule has 0 bridgehead atoms. The fourth-order valence-electron chi connectivity index (χ4n) is 4.04. The van der Waals surface area contributed by atoms with Crippen molar-refractivity contribution >= 4 is 15.9 Å². The number of carbonyl (C=O) groups excluding carboxylic acids is 1. The maximum Gasteiger partial charge on any atom is 0.246 e. The number of nitrogens with zero attached hydrogens (tertiary/aromatic N) is 3. The van der Waals surface area contributed by atoms with Crippen LogP contribution in [0.15, 0.2) is 4.90 Å². The Morgan fingerprint density at radius 3 is 2.40 bits per heavy atom. The van der Waals surface area contributed by atoms with Crippen LogP contribution in [0.5, 0.6) is 0 Å². The quantitative estimate of drug-likeness (QED) is 0.879. The average molecular weight is 369 g/mol. The van der Waals surface area contributed by atoms with E-state index in [-0.39, 0.29) is 16.7 Å². The molecule has 3 heterocycles. The van der Waals surface area contributed by atoms with Gasteiger partial charge in [-0.05, 0) is 45.4 Å². The van der Waals surface area contributed by atoms with Gasteiger partial charge in [0.15, 0.2) is 0 Å². The summed E-state index contributed by atoms with van der Waals surface area (Å²) in [5.74, 6) is 0.716. The van der Waals surface area contributed by atoms with Gasteiger partial charge in [-0.2, -0.15) is 9.40 Å². The van der Waals surface area contributed by atoms with Gasteiger partial charge in [-0.25, -0.2) is 8.42 Å². The number of nitrogens with one attached hydrogen (secondary N) is 1. The van der Waals surface area contributed by atoms with E-state index < -0.39 is 10.0 Å². The number of hydrogen-bond donors (Lipinski definition) is 1. The van der Waals surface area contributed by atoms with Crippen molar-refractivity contribution in [3.05, 3.63) is 11.4 Å². The van der Waals surface area contributed by atoms with E-state index in [2.05, 4.69) is 17.1 Å². The van der Waals surface area contributed by atoms with Gasteiger partial charge in [0.25, 0.3) is 0 Å². The lowest BCUT2D eigenvalue weighted by molar-refractivity contribution is -0.138. The smallest absolute Gasteiger partial charge is 0.246 e. The van der Waals surface area contributed by atoms with Crippen LogP contribution in [-0.2, 0) is 14.8 Å². The number of aryl methyl sites for hydroxylation is 2. The third-order valence-electron chi connectivity index (χ3n) is 5.43. The van der Waals surface area contributed by atoms with Gasteiger partial charge < -0.3 is 4.90 Å². The molecule has 0 aliphatic carbocycles. The highest BCUT2D eigenvalue weighted by atomic mass is 32.2. The Labute approximate surface area is 149 Å². The van der Waals surface area contributed by atoms with Crippen molar-refractivity contribution < 1.29 is 13.2 Å². The zero-order valence-corrected chi connectivity index (χ0v) is 16.1. The molecule has 8 heteroatoms. The first kappa shape index (κ1) is 18.4. The Kier molecular flexibility index (Phi) is 5.20. The molecule has 2 aliphatic rings. The Morgan fingerprint density at radius 2 is 1.84 bits per heavy atom. The summed E-state index contributed by atoms with van der Waals surface area (Å²) in [5.41, 5.74) is 1.07. The number of H-pyrrole nitrogens is 1. The number of aromatic nitrogens is 2. The highest BCUT2D eigenvalue weighted by Gasteiger charge is 2.36. The van der Waals surface area contributed by atoms with Crippen molar-refractivity contribution in [2.45, 2.75) is 51.3 Å². The number of sulfonamides is 1. The van der Waals surface area contributed by atoms with Gasteiger partial charge >= 0.3 is 0 Å². The summed E-state index contributed by atoms with van der Waals surface area (Å²) in [7, 11) is -3.55. The average Bonchev–Trinajstić information content (AvgIpc) is 2.93. The van der Waals surface area contributed by atoms with Crippen LogP contribution in [0.2, 0.25) is 0 Å². The SMILES string of the molecule is Cc1n[nH]c(C)c1S(=O)(=O)N1CCC(C(=O)N2CCCC(C)C2)CC1. The molecule has 1 aromatic heterocycles. The lowest BCUT2D eigenvalue weighted by Crippen LogP contribution is -2.47. The predicted octanol–water partition coefficient (Wildman–Crippen LogP) is 1.69. The fraction of sp³-hybridized carbons (Fsp3) is 0.765. The molecule has 2 saturated heterocycles. The highest BCUT2D eigenvalue weighted by Crippen LogP contribution is 2.28. The number of piperidine rings is 2. The van der Waals surface area contributed by atoms with Gasteiger partial charge in [-0.1, -0.05) is 6.92 Å². The molecule has 7 nitrogen and oxygen atoms in total. The molecule has 2 fully saturated rings. The third-order valence-corrected chi connectivity index (χ3v) is 7.59. The van der Waals surface area contributed by atoms with E-state index >= 15 is 0 Å². The van der Waals surface area contributed by atoms with E-state index in [0.29, 0.717) is 43.2 Å². The van der Waals surface area contributed by atoms with E-state index in [1.54, 1.807) is 13.8 Å². The van der Waals surface area contributed by atoms with Crippen molar-refractivity contribution in [3.63, 3.8) is 0 Å². The van der Waals surface area contributed by atoms with Gasteiger partial charge in [0.2, 0.25) is 15.9 Å². The first-order valence-corrected chi connectivity index (χ1v) is 10.5. The number of aromatic amines is 1. The molecule has 3 rings (SSSR count). The zero-order valence-electron chi connectivity index (χ0n) is 15.3. The normalized spacial score (nSPS) is 23.8. The second-order valence-corrected chi connectivity index (χ2v) is 9.35. The van der Waals surface area contributed by atoms with E-state index in [1.807, 2.05) is 4.90 Å². The molecule has 0 spiro atoms. The topological polar surface area (TPSA) is 86.4 Å². The van der Waals surface area contributed by atoms with Gasteiger partial charge in [0.05, 0.1) is 11.4 Å². The zero-order chi connectivity index (χ0) is 18.2. The van der Waals surface area contributed by atoms with E-state index in [0.717, 1.165) is 19.5 Å². The number of likely N-dealkylation sites (tertiary alicyclic amines) is 1. The van der Waals surface area contributed by atoms with Crippen molar-refractivity contribution in [1.82, 2.24) is 19.4 Å². The van der Waals surface area contributed by atoms with E-state index in [4.69, 9.17) is 0 Å². The second kappa shape index (κ2) is 7.07. The minimum atomic E-state index is -3.55. The summed E-state index contributed by atoms with van der Waals surface area (Å²) >= 11 is 0. The van der Waals surface area contributed by atoms with Gasteiger partial charge in [-0.3, -0.25) is 9.89 Å². The van der Waals surface area contributed by atoms with Crippen molar-refractivity contribution in [2.75, 3.05) is 26.2 Å². The molecule has 1 atom stereocenters. The third kappa shape index (κ3) is 3.60.